The largest absolute Gasteiger partial charge is 0.480 e. The Morgan fingerprint density at radius 3 is 2.17 bits per heavy atom. The van der Waals surface area contributed by atoms with E-state index in [1.807, 2.05) is 38.1 Å². The van der Waals surface area contributed by atoms with Gasteiger partial charge in [-0.3, -0.25) is 19.2 Å². The number of carbonyl (C=O) groups excluding carboxylic acids is 4. The fourth-order valence-corrected chi connectivity index (χ4v) is 4.47. The van der Waals surface area contributed by atoms with Crippen LogP contribution >= 0.6 is 0 Å². The van der Waals surface area contributed by atoms with Gasteiger partial charge < -0.3 is 43.2 Å². The fraction of sp³-hybridized carbons (Fsp3) is 0.536. The first-order valence-electron chi connectivity index (χ1n) is 13.9. The average Bonchev–Trinajstić information content (AvgIpc) is 3.31. The number of aromatic amines is 1. The van der Waals surface area contributed by atoms with Crippen LogP contribution in [0.4, 0.5) is 0 Å². The second-order valence-corrected chi connectivity index (χ2v) is 10.6. The number of benzene rings is 1. The molecule has 41 heavy (non-hydrogen) atoms. The molecule has 13 nitrogen and oxygen atoms in total. The summed E-state index contributed by atoms with van der Waals surface area (Å²) in [6, 6.07) is 3.01. The van der Waals surface area contributed by atoms with Crippen LogP contribution in [-0.2, 0) is 30.4 Å². The molecule has 0 radical (unpaired) electrons. The van der Waals surface area contributed by atoms with Gasteiger partial charge in [0.15, 0.2) is 0 Å². The van der Waals surface area contributed by atoms with Crippen molar-refractivity contribution in [2.75, 3.05) is 6.54 Å². The molecule has 0 aliphatic rings. The summed E-state index contributed by atoms with van der Waals surface area (Å²) in [7, 11) is 0. The SMILES string of the molecule is CC(C)CC(N)C(=O)NC(CCCCN)C(=O)NC(Cc1c[nH]c2ccccc12)C(=O)NC(CCC(N)=O)C(=O)O. The van der Waals surface area contributed by atoms with Gasteiger partial charge >= 0.3 is 5.97 Å². The maximum Gasteiger partial charge on any atom is 0.326 e. The summed E-state index contributed by atoms with van der Waals surface area (Å²) in [5.74, 6) is -3.74. The number of para-hydroxylation sites is 1. The maximum absolute atomic E-state index is 13.5. The predicted octanol–water partition coefficient (Wildman–Crippen LogP) is 0.0173. The van der Waals surface area contributed by atoms with Crippen LogP contribution < -0.4 is 33.2 Å². The molecule has 1 heterocycles. The molecular weight excluding hydrogens is 530 g/mol. The monoisotopic (exact) mass is 573 g/mol. The average molecular weight is 574 g/mol. The number of nitrogens with two attached hydrogens (primary N) is 3. The molecule has 4 atom stereocenters. The summed E-state index contributed by atoms with van der Waals surface area (Å²) in [6.45, 7) is 4.27. The van der Waals surface area contributed by atoms with Crippen molar-refractivity contribution in [3.05, 3.63) is 36.0 Å². The Kier molecular flexibility index (Phi) is 13.2. The van der Waals surface area contributed by atoms with Gasteiger partial charge in [-0.15, -0.1) is 0 Å². The number of aliphatic carboxylic acids is 1. The van der Waals surface area contributed by atoms with E-state index in [-0.39, 0.29) is 31.6 Å². The molecule has 13 heteroatoms. The minimum atomic E-state index is -1.40. The zero-order chi connectivity index (χ0) is 30.5. The summed E-state index contributed by atoms with van der Waals surface area (Å²) in [6.07, 6.45) is 3.14. The van der Waals surface area contributed by atoms with Crippen molar-refractivity contribution in [1.82, 2.24) is 20.9 Å². The number of carboxylic acids is 1. The van der Waals surface area contributed by atoms with Gasteiger partial charge in [-0.1, -0.05) is 32.0 Å². The van der Waals surface area contributed by atoms with Gasteiger partial charge in [0.25, 0.3) is 0 Å². The Morgan fingerprint density at radius 1 is 0.902 bits per heavy atom. The molecular formula is C28H43N7O6. The molecule has 0 bridgehead atoms. The number of aromatic nitrogens is 1. The van der Waals surface area contributed by atoms with Gasteiger partial charge in [-0.2, -0.15) is 0 Å². The third kappa shape index (κ3) is 10.8. The Balaban J connectivity index is 2.31. The van der Waals surface area contributed by atoms with E-state index in [0.717, 1.165) is 10.9 Å². The number of fused-ring (bicyclic) bond motifs is 1. The highest BCUT2D eigenvalue weighted by Gasteiger charge is 2.31. The lowest BCUT2D eigenvalue weighted by Gasteiger charge is -2.25. The second-order valence-electron chi connectivity index (χ2n) is 10.6. The van der Waals surface area contributed by atoms with Gasteiger partial charge in [-0.25, -0.2) is 4.79 Å². The second kappa shape index (κ2) is 16.3. The molecule has 0 aliphatic carbocycles. The first kappa shape index (κ1) is 33.2. The van der Waals surface area contributed by atoms with Crippen molar-refractivity contribution in [3.8, 4) is 0 Å². The molecule has 0 fully saturated rings. The van der Waals surface area contributed by atoms with Crippen molar-refractivity contribution in [3.63, 3.8) is 0 Å². The first-order chi connectivity index (χ1) is 19.4. The van der Waals surface area contributed by atoms with E-state index >= 15 is 0 Å². The van der Waals surface area contributed by atoms with Crippen molar-refractivity contribution in [1.29, 1.82) is 0 Å². The summed E-state index contributed by atoms with van der Waals surface area (Å²) in [5, 5.41) is 18.2. The van der Waals surface area contributed by atoms with E-state index in [1.54, 1.807) is 6.20 Å². The Bertz CT molecular complexity index is 1200. The van der Waals surface area contributed by atoms with Crippen molar-refractivity contribution < 1.29 is 29.1 Å². The third-order valence-corrected chi connectivity index (χ3v) is 6.67. The fourth-order valence-electron chi connectivity index (χ4n) is 4.47. The summed E-state index contributed by atoms with van der Waals surface area (Å²) in [5.41, 5.74) is 18.3. The van der Waals surface area contributed by atoms with Gasteiger partial charge in [0.1, 0.15) is 18.1 Å². The number of H-pyrrole nitrogens is 1. The first-order valence-corrected chi connectivity index (χ1v) is 13.9. The van der Waals surface area contributed by atoms with E-state index < -0.39 is 53.8 Å². The lowest BCUT2D eigenvalue weighted by Crippen LogP contribution is -2.57. The standard InChI is InChI=1S/C28H43N7O6/c1-16(2)13-19(30)25(37)33-21(9-5-6-12-29)26(38)35-23(14-17-15-32-20-8-4-3-7-18(17)20)27(39)34-22(28(40)41)10-11-24(31)36/h3-4,7-8,15-16,19,21-23,32H,5-6,9-14,29-30H2,1-2H3,(H2,31,36)(H,33,37)(H,34,39)(H,35,38)(H,40,41). The van der Waals surface area contributed by atoms with Crippen LogP contribution in [-0.4, -0.2) is 70.4 Å². The summed E-state index contributed by atoms with van der Waals surface area (Å²) in [4.78, 5) is 65.8. The van der Waals surface area contributed by atoms with Crippen LogP contribution in [0.1, 0.15) is 57.9 Å². The number of primary amides is 1. The molecule has 0 saturated carbocycles. The quantitative estimate of drug-likeness (QED) is 0.113. The smallest absolute Gasteiger partial charge is 0.326 e. The molecule has 0 aliphatic heterocycles. The highest BCUT2D eigenvalue weighted by atomic mass is 16.4. The molecule has 0 saturated heterocycles. The number of unbranched alkanes of at least 4 members (excludes halogenated alkanes) is 1. The number of amides is 4. The van der Waals surface area contributed by atoms with Crippen molar-refractivity contribution in [2.24, 2.45) is 23.1 Å². The van der Waals surface area contributed by atoms with E-state index in [4.69, 9.17) is 17.2 Å². The van der Waals surface area contributed by atoms with Crippen molar-refractivity contribution in [2.45, 2.75) is 83.0 Å². The molecule has 11 N–H and O–H groups in total. The van der Waals surface area contributed by atoms with Gasteiger partial charge in [-0.05, 0) is 56.2 Å². The Labute approximate surface area is 239 Å². The van der Waals surface area contributed by atoms with E-state index in [1.165, 1.54) is 0 Å². The van der Waals surface area contributed by atoms with Crippen LogP contribution in [0, 0.1) is 5.92 Å². The third-order valence-electron chi connectivity index (χ3n) is 6.67. The van der Waals surface area contributed by atoms with Gasteiger partial charge in [0.2, 0.25) is 23.6 Å². The molecule has 2 rings (SSSR count). The minimum absolute atomic E-state index is 0.0279. The summed E-state index contributed by atoms with van der Waals surface area (Å²) < 4.78 is 0. The molecule has 226 valence electrons. The number of carbonyl (C=O) groups is 5. The molecule has 1 aromatic carbocycles. The maximum atomic E-state index is 13.5. The lowest BCUT2D eigenvalue weighted by molar-refractivity contribution is -0.142. The van der Waals surface area contributed by atoms with Crippen LogP contribution in [0.5, 0.6) is 0 Å². The topological polar surface area (TPSA) is 236 Å². The molecule has 1 aromatic heterocycles. The number of nitrogens with one attached hydrogen (secondary N) is 4. The lowest BCUT2D eigenvalue weighted by atomic mass is 10.0. The van der Waals surface area contributed by atoms with Crippen LogP contribution in [0.3, 0.4) is 0 Å². The zero-order valence-corrected chi connectivity index (χ0v) is 23.7. The van der Waals surface area contributed by atoms with Crippen LogP contribution in [0.25, 0.3) is 10.9 Å². The molecule has 4 unspecified atom stereocenters. The minimum Gasteiger partial charge on any atom is -0.480 e. The normalized spacial score (nSPS) is 14.2. The number of hydrogen-bond donors (Lipinski definition) is 8. The van der Waals surface area contributed by atoms with Gasteiger partial charge in [0.05, 0.1) is 6.04 Å². The van der Waals surface area contributed by atoms with Crippen molar-refractivity contribution >= 4 is 40.5 Å². The van der Waals surface area contributed by atoms with E-state index in [2.05, 4.69) is 20.9 Å². The summed E-state index contributed by atoms with van der Waals surface area (Å²) >= 11 is 0. The number of hydrogen-bond acceptors (Lipinski definition) is 7. The molecule has 4 amide bonds. The zero-order valence-electron chi connectivity index (χ0n) is 23.7. The van der Waals surface area contributed by atoms with Crippen LogP contribution in [0.15, 0.2) is 30.5 Å². The van der Waals surface area contributed by atoms with E-state index in [9.17, 15) is 29.1 Å². The number of rotatable bonds is 18. The highest BCUT2D eigenvalue weighted by Crippen LogP contribution is 2.19. The van der Waals surface area contributed by atoms with Crippen LogP contribution in [0.2, 0.25) is 0 Å². The highest BCUT2D eigenvalue weighted by molar-refractivity contribution is 5.95. The molecule has 0 spiro atoms. The number of carboxylic acid groups (broad SMARTS) is 1. The van der Waals surface area contributed by atoms with E-state index in [0.29, 0.717) is 31.4 Å². The Morgan fingerprint density at radius 2 is 1.54 bits per heavy atom. The Hall–Kier alpha value is -3.97. The molecule has 2 aromatic rings. The van der Waals surface area contributed by atoms with Gasteiger partial charge in [0, 0.05) is 29.9 Å². The predicted molar refractivity (Wildman–Crippen MR) is 154 cm³/mol.